The Kier molecular flexibility index (Phi) is 53.3. The van der Waals surface area contributed by atoms with Crippen molar-refractivity contribution in [1.29, 1.82) is 0 Å². The Balaban J connectivity index is 4.10. The molecule has 0 aliphatic carbocycles. The first-order chi connectivity index (χ1) is 33.0. The predicted octanol–water partition coefficient (Wildman–Crippen LogP) is 19.2. The molecule has 0 saturated heterocycles. The Bertz CT molecular complexity index is 1210. The van der Waals surface area contributed by atoms with E-state index < -0.39 is 6.10 Å². The molecule has 6 heteroatoms. The van der Waals surface area contributed by atoms with Crippen LogP contribution < -0.4 is 0 Å². The van der Waals surface area contributed by atoms with Gasteiger partial charge in [-0.15, -0.1) is 0 Å². The monoisotopic (exact) mass is 937 g/mol. The maximum absolute atomic E-state index is 12.8. The van der Waals surface area contributed by atoms with Crippen LogP contribution in [0.15, 0.2) is 60.8 Å². The molecule has 0 spiro atoms. The van der Waals surface area contributed by atoms with E-state index in [-0.39, 0.29) is 31.1 Å². The van der Waals surface area contributed by atoms with E-state index in [9.17, 15) is 14.4 Å². The van der Waals surface area contributed by atoms with Gasteiger partial charge in [-0.3, -0.25) is 14.4 Å². The number of esters is 3. The molecule has 0 aromatic rings. The lowest BCUT2D eigenvalue weighted by Gasteiger charge is -2.18. The van der Waals surface area contributed by atoms with Gasteiger partial charge in [0.25, 0.3) is 0 Å². The van der Waals surface area contributed by atoms with Crippen LogP contribution in [-0.4, -0.2) is 37.2 Å². The number of hydrogen-bond donors (Lipinski definition) is 0. The first-order valence-corrected chi connectivity index (χ1v) is 28.8. The van der Waals surface area contributed by atoms with E-state index in [2.05, 4.69) is 81.5 Å². The van der Waals surface area contributed by atoms with Crippen LogP contribution in [0.5, 0.6) is 0 Å². The first-order valence-electron chi connectivity index (χ1n) is 28.8. The average molecular weight is 938 g/mol. The summed E-state index contributed by atoms with van der Waals surface area (Å²) in [4.78, 5) is 37.8. The van der Waals surface area contributed by atoms with Crippen LogP contribution in [0.25, 0.3) is 0 Å². The zero-order chi connectivity index (χ0) is 48.6. The summed E-state index contributed by atoms with van der Waals surface area (Å²) < 4.78 is 16.7. The average Bonchev–Trinajstić information content (AvgIpc) is 3.33. The molecule has 0 radical (unpaired) electrons. The summed E-state index contributed by atoms with van der Waals surface area (Å²) in [6, 6.07) is 0. The fourth-order valence-electron chi connectivity index (χ4n) is 8.24. The number of unbranched alkanes of at least 4 members (excludes halogenated alkanes) is 31. The van der Waals surface area contributed by atoms with E-state index in [0.29, 0.717) is 19.3 Å². The third kappa shape index (κ3) is 53.9. The van der Waals surface area contributed by atoms with E-state index in [4.69, 9.17) is 14.2 Å². The summed E-state index contributed by atoms with van der Waals surface area (Å²) in [7, 11) is 0. The maximum atomic E-state index is 12.8. The molecule has 0 aromatic carbocycles. The molecule has 0 bridgehead atoms. The molecule has 0 aromatic heterocycles. The number of ether oxygens (including phenoxy) is 3. The van der Waals surface area contributed by atoms with Crippen LogP contribution in [0.4, 0.5) is 0 Å². The zero-order valence-electron chi connectivity index (χ0n) is 44.4. The summed E-state index contributed by atoms with van der Waals surface area (Å²) in [5.41, 5.74) is 0. The molecular weight excluding hydrogens is 829 g/mol. The van der Waals surface area contributed by atoms with Crippen molar-refractivity contribution >= 4 is 17.9 Å². The van der Waals surface area contributed by atoms with Crippen molar-refractivity contribution in [3.8, 4) is 0 Å². The van der Waals surface area contributed by atoms with E-state index >= 15 is 0 Å². The van der Waals surface area contributed by atoms with Crippen LogP contribution in [0.3, 0.4) is 0 Å². The molecule has 6 nitrogen and oxygen atoms in total. The van der Waals surface area contributed by atoms with Crippen molar-refractivity contribution in [2.75, 3.05) is 13.2 Å². The zero-order valence-corrected chi connectivity index (χ0v) is 44.4. The van der Waals surface area contributed by atoms with Gasteiger partial charge in [-0.2, -0.15) is 0 Å². The largest absolute Gasteiger partial charge is 0.462 e. The Morgan fingerprint density at radius 2 is 0.582 bits per heavy atom. The van der Waals surface area contributed by atoms with Crippen LogP contribution >= 0.6 is 0 Å². The van der Waals surface area contributed by atoms with Gasteiger partial charge < -0.3 is 14.2 Å². The van der Waals surface area contributed by atoms with Crippen LogP contribution in [0.1, 0.15) is 290 Å². The van der Waals surface area contributed by atoms with Crippen LogP contribution in [-0.2, 0) is 28.6 Å². The molecule has 0 N–H and O–H groups in total. The molecule has 1 unspecified atom stereocenters. The second-order valence-electron chi connectivity index (χ2n) is 19.2. The highest BCUT2D eigenvalue weighted by Crippen LogP contribution is 2.17. The van der Waals surface area contributed by atoms with Gasteiger partial charge in [-0.25, -0.2) is 0 Å². The van der Waals surface area contributed by atoms with Gasteiger partial charge in [-0.05, 0) is 64.2 Å². The fraction of sp³-hybridized carbons (Fsp3) is 0.787. The number of carbonyl (C=O) groups excluding carboxylic acids is 3. The van der Waals surface area contributed by atoms with E-state index in [1.807, 2.05) is 0 Å². The SMILES string of the molecule is CC/C=C\C/C=C\C/C=C\C/C=C\C/C=C\CCCCCCCCCC(=O)OCC(COC(=O)CCCCCCC)OC(=O)CCCCCCCCCCCCCCCCCCCCCCC. The fourth-order valence-corrected chi connectivity index (χ4v) is 8.24. The lowest BCUT2D eigenvalue weighted by Crippen LogP contribution is -2.30. The van der Waals surface area contributed by atoms with Crippen molar-refractivity contribution in [1.82, 2.24) is 0 Å². The van der Waals surface area contributed by atoms with Gasteiger partial charge in [0.1, 0.15) is 13.2 Å². The minimum Gasteiger partial charge on any atom is -0.462 e. The quantitative estimate of drug-likeness (QED) is 0.0262. The number of hydrogen-bond acceptors (Lipinski definition) is 6. The van der Waals surface area contributed by atoms with Crippen molar-refractivity contribution in [2.45, 2.75) is 297 Å². The summed E-state index contributed by atoms with van der Waals surface area (Å²) in [5.74, 6) is -0.889. The highest BCUT2D eigenvalue weighted by molar-refractivity contribution is 5.71. The molecule has 0 saturated carbocycles. The van der Waals surface area contributed by atoms with Gasteiger partial charge in [0, 0.05) is 19.3 Å². The van der Waals surface area contributed by atoms with E-state index in [0.717, 1.165) is 103 Å². The lowest BCUT2D eigenvalue weighted by atomic mass is 10.0. The van der Waals surface area contributed by atoms with E-state index in [1.54, 1.807) is 0 Å². The number of rotatable bonds is 52. The highest BCUT2D eigenvalue weighted by Gasteiger charge is 2.19. The molecule has 0 fully saturated rings. The Morgan fingerprint density at radius 1 is 0.313 bits per heavy atom. The topological polar surface area (TPSA) is 78.9 Å². The molecular formula is C61H108O6. The van der Waals surface area contributed by atoms with E-state index in [1.165, 1.54) is 148 Å². The van der Waals surface area contributed by atoms with Crippen molar-refractivity contribution in [3.63, 3.8) is 0 Å². The van der Waals surface area contributed by atoms with Gasteiger partial charge >= 0.3 is 17.9 Å². The number of allylic oxidation sites excluding steroid dienone is 10. The smallest absolute Gasteiger partial charge is 0.306 e. The molecule has 0 aliphatic heterocycles. The minimum atomic E-state index is -0.773. The first kappa shape index (κ1) is 64.1. The summed E-state index contributed by atoms with van der Waals surface area (Å²) in [5, 5.41) is 0. The molecule has 388 valence electrons. The van der Waals surface area contributed by atoms with Crippen molar-refractivity contribution < 1.29 is 28.6 Å². The molecule has 0 amide bonds. The third-order valence-corrected chi connectivity index (χ3v) is 12.5. The normalized spacial score (nSPS) is 12.5. The molecule has 1 atom stereocenters. The molecule has 67 heavy (non-hydrogen) atoms. The predicted molar refractivity (Wildman–Crippen MR) is 288 cm³/mol. The number of carbonyl (C=O) groups is 3. The van der Waals surface area contributed by atoms with Crippen LogP contribution in [0.2, 0.25) is 0 Å². The Morgan fingerprint density at radius 3 is 0.910 bits per heavy atom. The van der Waals surface area contributed by atoms with Gasteiger partial charge in [0.15, 0.2) is 6.10 Å². The van der Waals surface area contributed by atoms with Gasteiger partial charge in [0.2, 0.25) is 0 Å². The van der Waals surface area contributed by atoms with Crippen molar-refractivity contribution in [2.24, 2.45) is 0 Å². The summed E-state index contributed by atoms with van der Waals surface area (Å²) in [6.45, 7) is 6.46. The maximum Gasteiger partial charge on any atom is 0.306 e. The Hall–Kier alpha value is -2.89. The molecule has 0 aliphatic rings. The molecule has 0 rings (SSSR count). The second kappa shape index (κ2) is 55.7. The van der Waals surface area contributed by atoms with Crippen LogP contribution in [0, 0.1) is 0 Å². The second-order valence-corrected chi connectivity index (χ2v) is 19.2. The highest BCUT2D eigenvalue weighted by atomic mass is 16.6. The minimum absolute atomic E-state index is 0.0762. The Labute approximate surface area is 415 Å². The lowest BCUT2D eigenvalue weighted by molar-refractivity contribution is -0.167. The summed E-state index contributed by atoms with van der Waals surface area (Å²) >= 11 is 0. The standard InChI is InChI=1S/C61H108O6/c1-4-7-10-13-15-17-19-21-23-25-27-29-30-32-33-35-37-39-41-43-45-48-51-54-60(63)66-57-58(56-65-59(62)53-50-47-12-9-6-3)67-61(64)55-52-49-46-44-42-40-38-36-34-31-28-26-24-22-20-18-16-14-11-8-5-2/h7,10,15,17,21,23,27,29,32-33,58H,4-6,8-9,11-14,16,18-20,22,24-26,28,30-31,34-57H2,1-3H3/b10-7-,17-15-,23-21-,29-27-,33-32-. The van der Waals surface area contributed by atoms with Gasteiger partial charge in [-0.1, -0.05) is 268 Å². The van der Waals surface area contributed by atoms with Gasteiger partial charge in [0.05, 0.1) is 0 Å². The molecule has 0 heterocycles. The summed E-state index contributed by atoms with van der Waals surface area (Å²) in [6.07, 6.45) is 69.7. The van der Waals surface area contributed by atoms with Crippen molar-refractivity contribution in [3.05, 3.63) is 60.8 Å². The third-order valence-electron chi connectivity index (χ3n) is 12.5.